The van der Waals surface area contributed by atoms with E-state index < -0.39 is 36.7 Å². The van der Waals surface area contributed by atoms with Gasteiger partial charge in [0.05, 0.1) is 0 Å². The topological polar surface area (TPSA) is 128 Å². The van der Waals surface area contributed by atoms with Crippen LogP contribution in [-0.2, 0) is 16.0 Å². The molecule has 1 aromatic rings. The molecule has 0 aliphatic carbocycles. The van der Waals surface area contributed by atoms with E-state index in [1.165, 1.54) is 0 Å². The van der Waals surface area contributed by atoms with Crippen molar-refractivity contribution in [3.8, 4) is 5.75 Å². The summed E-state index contributed by atoms with van der Waals surface area (Å²) in [6, 6.07) is 5.17. The van der Waals surface area contributed by atoms with E-state index in [1.54, 1.807) is 19.2 Å². The fourth-order valence-electron chi connectivity index (χ4n) is 2.45. The van der Waals surface area contributed by atoms with Crippen LogP contribution in [0.4, 0.5) is 5.69 Å². The number of aliphatic hydroxyl groups is 3. The van der Waals surface area contributed by atoms with Crippen molar-refractivity contribution in [3.05, 3.63) is 23.8 Å². The van der Waals surface area contributed by atoms with Gasteiger partial charge < -0.3 is 35.2 Å². The molecule has 1 heterocycles. The minimum Gasteiger partial charge on any atom is -0.479 e. The Morgan fingerprint density at radius 1 is 1.26 bits per heavy atom. The van der Waals surface area contributed by atoms with E-state index in [1.807, 2.05) is 13.0 Å². The third-order valence-corrected chi connectivity index (χ3v) is 3.80. The number of nitrogens with one attached hydrogen (secondary N) is 1. The van der Waals surface area contributed by atoms with Crippen molar-refractivity contribution >= 4 is 11.7 Å². The molecule has 0 saturated carbocycles. The van der Waals surface area contributed by atoms with Gasteiger partial charge in [-0.1, -0.05) is 13.0 Å². The third kappa shape index (κ3) is 3.56. The molecular formula is C15H21NO7. The number of carboxylic acids is 1. The van der Waals surface area contributed by atoms with Gasteiger partial charge in [0, 0.05) is 18.8 Å². The lowest BCUT2D eigenvalue weighted by Crippen LogP contribution is -2.61. The molecule has 0 amide bonds. The van der Waals surface area contributed by atoms with Crippen LogP contribution in [-0.4, -0.2) is 64.1 Å². The number of rotatable bonds is 5. The highest BCUT2D eigenvalue weighted by Crippen LogP contribution is 2.27. The van der Waals surface area contributed by atoms with Crippen LogP contribution in [0.5, 0.6) is 5.75 Å². The van der Waals surface area contributed by atoms with Gasteiger partial charge in [0.2, 0.25) is 6.29 Å². The Morgan fingerprint density at radius 3 is 2.52 bits per heavy atom. The highest BCUT2D eigenvalue weighted by atomic mass is 16.7. The number of aliphatic hydroxyl groups excluding tert-OH is 3. The smallest absolute Gasteiger partial charge is 0.335 e. The van der Waals surface area contributed by atoms with Crippen molar-refractivity contribution in [1.82, 2.24) is 0 Å². The van der Waals surface area contributed by atoms with Crippen LogP contribution in [0, 0.1) is 0 Å². The van der Waals surface area contributed by atoms with E-state index in [0.29, 0.717) is 5.75 Å². The van der Waals surface area contributed by atoms with Gasteiger partial charge in [-0.25, -0.2) is 4.79 Å². The normalized spacial score (nSPS) is 30.7. The molecular weight excluding hydrogens is 306 g/mol. The number of benzene rings is 1. The van der Waals surface area contributed by atoms with Gasteiger partial charge >= 0.3 is 5.97 Å². The predicted molar refractivity (Wildman–Crippen MR) is 80.3 cm³/mol. The molecule has 5 N–H and O–H groups in total. The fraction of sp³-hybridized carbons (Fsp3) is 0.533. The molecule has 8 heteroatoms. The van der Waals surface area contributed by atoms with E-state index in [4.69, 9.17) is 14.6 Å². The first-order chi connectivity index (χ1) is 10.9. The largest absolute Gasteiger partial charge is 0.479 e. The first-order valence-corrected chi connectivity index (χ1v) is 7.28. The van der Waals surface area contributed by atoms with Crippen LogP contribution in [0.3, 0.4) is 0 Å². The molecule has 0 unspecified atom stereocenters. The van der Waals surface area contributed by atoms with Crippen molar-refractivity contribution in [1.29, 1.82) is 0 Å². The zero-order valence-electron chi connectivity index (χ0n) is 12.8. The summed E-state index contributed by atoms with van der Waals surface area (Å²) in [6.07, 6.45) is -7.29. The van der Waals surface area contributed by atoms with Crippen molar-refractivity contribution in [2.45, 2.75) is 44.1 Å². The average Bonchev–Trinajstić information content (AvgIpc) is 2.54. The van der Waals surface area contributed by atoms with Crippen molar-refractivity contribution in [2.24, 2.45) is 0 Å². The van der Waals surface area contributed by atoms with E-state index in [-0.39, 0.29) is 0 Å². The van der Waals surface area contributed by atoms with Gasteiger partial charge in [0.1, 0.15) is 24.1 Å². The molecule has 1 aromatic carbocycles. The Balaban J connectivity index is 2.19. The fourth-order valence-corrected chi connectivity index (χ4v) is 2.45. The van der Waals surface area contributed by atoms with Gasteiger partial charge in [-0.15, -0.1) is 0 Å². The van der Waals surface area contributed by atoms with Crippen molar-refractivity contribution < 1.29 is 34.7 Å². The monoisotopic (exact) mass is 327 g/mol. The highest BCUT2D eigenvalue weighted by molar-refractivity contribution is 5.73. The van der Waals surface area contributed by atoms with Gasteiger partial charge in [0.25, 0.3) is 0 Å². The van der Waals surface area contributed by atoms with Gasteiger partial charge in [0.15, 0.2) is 6.10 Å². The number of aliphatic carboxylic acids is 1. The van der Waals surface area contributed by atoms with Crippen LogP contribution >= 0.6 is 0 Å². The van der Waals surface area contributed by atoms with Crippen LogP contribution in [0.15, 0.2) is 18.2 Å². The lowest BCUT2D eigenvalue weighted by molar-refractivity contribution is -0.271. The minimum absolute atomic E-state index is 0.336. The van der Waals surface area contributed by atoms with Crippen molar-refractivity contribution in [3.63, 3.8) is 0 Å². The summed E-state index contributed by atoms with van der Waals surface area (Å²) in [5, 5.41) is 41.3. The van der Waals surface area contributed by atoms with E-state index in [2.05, 4.69) is 5.32 Å². The van der Waals surface area contributed by atoms with Gasteiger partial charge in [-0.2, -0.15) is 0 Å². The zero-order chi connectivity index (χ0) is 17.1. The summed E-state index contributed by atoms with van der Waals surface area (Å²) in [5.41, 5.74) is 1.88. The molecule has 0 spiro atoms. The maximum absolute atomic E-state index is 11.1. The summed E-state index contributed by atoms with van der Waals surface area (Å²) >= 11 is 0. The predicted octanol–water partition coefficient (Wildman–Crippen LogP) is -0.438. The summed E-state index contributed by atoms with van der Waals surface area (Å²) in [6.45, 7) is 2.00. The number of aryl methyl sites for hydroxylation is 1. The number of anilines is 1. The van der Waals surface area contributed by atoms with E-state index >= 15 is 0 Å². The second-order valence-corrected chi connectivity index (χ2v) is 5.28. The van der Waals surface area contributed by atoms with E-state index in [0.717, 1.165) is 17.7 Å². The number of hydrogen-bond acceptors (Lipinski definition) is 7. The number of carbonyl (C=O) groups is 1. The lowest BCUT2D eigenvalue weighted by atomic mass is 9.99. The second kappa shape index (κ2) is 7.14. The second-order valence-electron chi connectivity index (χ2n) is 5.28. The average molecular weight is 327 g/mol. The minimum atomic E-state index is -1.74. The Morgan fingerprint density at radius 2 is 1.96 bits per heavy atom. The van der Waals surface area contributed by atoms with Crippen LogP contribution in [0.25, 0.3) is 0 Å². The molecule has 1 saturated heterocycles. The maximum Gasteiger partial charge on any atom is 0.335 e. The summed E-state index contributed by atoms with van der Waals surface area (Å²) in [5.74, 6) is -1.11. The molecule has 0 radical (unpaired) electrons. The number of carboxylic acid groups (broad SMARTS) is 1. The maximum atomic E-state index is 11.1. The molecule has 2 rings (SSSR count). The molecule has 1 aliphatic rings. The number of hydrogen-bond donors (Lipinski definition) is 5. The summed E-state index contributed by atoms with van der Waals surface area (Å²) in [7, 11) is 1.75. The standard InChI is InChI=1S/C15H21NO7/c1-3-7-4-5-8(6-9(7)16-2)22-15-12(19)10(17)11(18)13(23-15)14(20)21/h4-6,10-13,15-19H,3H2,1-2H3,(H,20,21)/t10-,11-,12+,13-,15+/m0/s1. The first kappa shape index (κ1) is 17.5. The quantitative estimate of drug-likeness (QED) is 0.492. The highest BCUT2D eigenvalue weighted by Gasteiger charge is 2.48. The number of ether oxygens (including phenoxy) is 2. The Hall–Kier alpha value is -1.87. The Labute approximate surface area is 133 Å². The molecule has 128 valence electrons. The lowest BCUT2D eigenvalue weighted by Gasteiger charge is -2.38. The van der Waals surface area contributed by atoms with Gasteiger partial charge in [-0.05, 0) is 18.1 Å². The SMILES string of the molecule is CCc1ccc(O[C@@H]2O[C@H](C(=O)O)[C@@H](O)[C@H](O)[C@H]2O)cc1NC. The van der Waals surface area contributed by atoms with Crippen molar-refractivity contribution in [2.75, 3.05) is 12.4 Å². The molecule has 0 bridgehead atoms. The molecule has 5 atom stereocenters. The first-order valence-electron chi connectivity index (χ1n) is 7.28. The molecule has 0 aromatic heterocycles. The van der Waals surface area contributed by atoms with E-state index in [9.17, 15) is 20.1 Å². The van der Waals surface area contributed by atoms with Crippen LogP contribution < -0.4 is 10.1 Å². The zero-order valence-corrected chi connectivity index (χ0v) is 12.8. The molecule has 1 aliphatic heterocycles. The van der Waals surface area contributed by atoms with Crippen LogP contribution in [0.1, 0.15) is 12.5 Å². The van der Waals surface area contributed by atoms with Gasteiger partial charge in [-0.3, -0.25) is 0 Å². The molecule has 1 fully saturated rings. The summed E-state index contributed by atoms with van der Waals surface area (Å²) < 4.78 is 10.5. The van der Waals surface area contributed by atoms with Crippen LogP contribution in [0.2, 0.25) is 0 Å². The summed E-state index contributed by atoms with van der Waals surface area (Å²) in [4.78, 5) is 11.1. The third-order valence-electron chi connectivity index (χ3n) is 3.80. The Bertz CT molecular complexity index is 565. The molecule has 8 nitrogen and oxygen atoms in total. The molecule has 23 heavy (non-hydrogen) atoms. The Kier molecular flexibility index (Phi) is 5.42.